The van der Waals surface area contributed by atoms with Gasteiger partial charge < -0.3 is 1.43 Å². The Morgan fingerprint density at radius 3 is 2.67 bits per heavy atom. The Kier molecular flexibility index (Phi) is 4.70. The van der Waals surface area contributed by atoms with Crippen molar-refractivity contribution in [2.45, 2.75) is 0 Å². The third-order valence-corrected chi connectivity index (χ3v) is 1.08. The Morgan fingerprint density at radius 1 is 1.67 bits per heavy atom. The van der Waals surface area contributed by atoms with Crippen molar-refractivity contribution in [2.75, 3.05) is 0 Å². The molecular weight excluding hydrogens is 167 g/mol. The van der Waals surface area contributed by atoms with Gasteiger partial charge in [-0.05, 0) is 12.1 Å². The molecule has 0 aliphatic rings. The van der Waals surface area contributed by atoms with Crippen molar-refractivity contribution in [3.63, 3.8) is 0 Å². The Bertz CT molecular complexity index is 220. The first-order chi connectivity index (χ1) is 3.79. The van der Waals surface area contributed by atoms with Crippen LogP contribution in [-0.2, 0) is 0 Å². The Balaban J connectivity index is 0. The summed E-state index contributed by atoms with van der Waals surface area (Å²) in [4.78, 5) is 0. The third-order valence-electron chi connectivity index (χ3n) is 0.645. The van der Waals surface area contributed by atoms with E-state index >= 15 is 0 Å². The first-order valence-corrected chi connectivity index (χ1v) is 2.79. The van der Waals surface area contributed by atoms with Gasteiger partial charge >= 0.3 is 29.6 Å². The van der Waals surface area contributed by atoms with Gasteiger partial charge in [0.1, 0.15) is 9.79 Å². The van der Waals surface area contributed by atoms with E-state index in [-0.39, 0.29) is 31.0 Å². The van der Waals surface area contributed by atoms with E-state index in [2.05, 4.69) is 10.2 Å². The Labute approximate surface area is 86.4 Å². The third kappa shape index (κ3) is 3.33. The summed E-state index contributed by atoms with van der Waals surface area (Å²) >= 11 is 10.1. The van der Waals surface area contributed by atoms with E-state index in [4.69, 9.17) is 23.8 Å². The monoisotopic (exact) mass is 170 g/mol. The molecule has 0 aliphatic heterocycles. The predicted molar refractivity (Wildman–Crippen MR) is 35.5 cm³/mol. The zero-order chi connectivity index (χ0) is 5.98. The maximum absolute atomic E-state index is 5.42. The van der Waals surface area contributed by atoms with E-state index in [1.54, 1.807) is 12.1 Å². The Hall–Kier alpha value is 0.590. The smallest absolute Gasteiger partial charge is 1.00 e. The first kappa shape index (κ1) is 9.59. The minimum Gasteiger partial charge on any atom is -1.00 e. The van der Waals surface area contributed by atoms with Gasteiger partial charge in [0.2, 0.25) is 0 Å². The largest absolute Gasteiger partial charge is 1.00 e. The van der Waals surface area contributed by atoms with Crippen LogP contribution in [0.15, 0.2) is 12.1 Å². The molecule has 0 spiro atoms. The maximum Gasteiger partial charge on any atom is 1.00 e. The van der Waals surface area contributed by atoms with Crippen molar-refractivity contribution in [3.05, 3.63) is 21.9 Å². The molecule has 9 heavy (non-hydrogen) atoms. The fourth-order valence-electron chi connectivity index (χ4n) is 0.327. The quantitative estimate of drug-likeness (QED) is 0.396. The molecule has 0 aliphatic carbocycles. The molecule has 5 heteroatoms. The van der Waals surface area contributed by atoms with Gasteiger partial charge in [-0.2, -0.15) is 5.10 Å². The normalized spacial score (nSPS) is 8.11. The van der Waals surface area contributed by atoms with E-state index in [1.165, 1.54) is 0 Å². The summed E-state index contributed by atoms with van der Waals surface area (Å²) in [5.41, 5.74) is 0. The molecule has 0 unspecified atom stereocenters. The van der Waals surface area contributed by atoms with Crippen LogP contribution in [0.25, 0.3) is 0 Å². The molecule has 0 aromatic carbocycles. The van der Waals surface area contributed by atoms with Crippen molar-refractivity contribution < 1.29 is 31.0 Å². The second-order valence-electron chi connectivity index (χ2n) is 1.24. The summed E-state index contributed by atoms with van der Waals surface area (Å²) in [5, 5.41) is 6.58. The zero-order valence-electron chi connectivity index (χ0n) is 5.89. The van der Waals surface area contributed by atoms with Gasteiger partial charge in [0.25, 0.3) is 0 Å². The molecule has 0 amide bonds. The van der Waals surface area contributed by atoms with Gasteiger partial charge in [-0.15, -0.1) is 0 Å². The SMILES string of the molecule is S=c1ccc(Cl)n[nH]1.[H-].[Na+]. The minimum absolute atomic E-state index is 0. The fraction of sp³-hybridized carbons (Fsp3) is 0. The van der Waals surface area contributed by atoms with Crippen LogP contribution >= 0.6 is 23.8 Å². The summed E-state index contributed by atoms with van der Waals surface area (Å²) < 4.78 is 0.592. The van der Waals surface area contributed by atoms with E-state index in [0.717, 1.165) is 0 Å². The summed E-state index contributed by atoms with van der Waals surface area (Å²) in [6.45, 7) is 0. The van der Waals surface area contributed by atoms with Gasteiger partial charge in [0, 0.05) is 0 Å². The molecule has 1 heterocycles. The standard InChI is InChI=1S/C4H3ClN2S.Na.H/c5-3-1-2-4(8)7-6-3;;/h1-2H,(H,7,8);;/q;+1;-1. The molecular formula is C4H4ClN2NaS. The van der Waals surface area contributed by atoms with Crippen LogP contribution in [-0.4, -0.2) is 10.2 Å². The molecule has 1 rings (SSSR count). The number of H-pyrrole nitrogens is 1. The van der Waals surface area contributed by atoms with Crippen LogP contribution < -0.4 is 29.6 Å². The molecule has 1 aromatic heterocycles. The van der Waals surface area contributed by atoms with Crippen LogP contribution in [0.4, 0.5) is 0 Å². The van der Waals surface area contributed by atoms with Gasteiger partial charge in [-0.1, -0.05) is 23.8 Å². The van der Waals surface area contributed by atoms with Gasteiger partial charge in [0.05, 0.1) is 0 Å². The first-order valence-electron chi connectivity index (χ1n) is 2.00. The van der Waals surface area contributed by atoms with Crippen LogP contribution in [0.5, 0.6) is 0 Å². The summed E-state index contributed by atoms with van der Waals surface area (Å²) in [5.74, 6) is 0. The number of rotatable bonds is 0. The van der Waals surface area contributed by atoms with E-state index < -0.39 is 0 Å². The second kappa shape index (κ2) is 4.41. The topological polar surface area (TPSA) is 28.7 Å². The van der Waals surface area contributed by atoms with E-state index in [0.29, 0.717) is 9.79 Å². The molecule has 1 N–H and O–H groups in total. The van der Waals surface area contributed by atoms with Gasteiger partial charge in [-0.3, -0.25) is 5.10 Å². The molecule has 0 saturated carbocycles. The Morgan fingerprint density at radius 2 is 2.33 bits per heavy atom. The summed E-state index contributed by atoms with van der Waals surface area (Å²) in [6, 6.07) is 3.32. The van der Waals surface area contributed by atoms with Crippen molar-refractivity contribution in [2.24, 2.45) is 0 Å². The number of aromatic nitrogens is 2. The minimum atomic E-state index is 0. The van der Waals surface area contributed by atoms with Crippen molar-refractivity contribution in [1.29, 1.82) is 0 Å². The van der Waals surface area contributed by atoms with Crippen LogP contribution in [0.3, 0.4) is 0 Å². The fourth-order valence-corrected chi connectivity index (χ4v) is 0.546. The molecule has 0 atom stereocenters. The number of hydrogen-bond donors (Lipinski definition) is 1. The van der Waals surface area contributed by atoms with E-state index in [9.17, 15) is 0 Å². The molecule has 0 radical (unpaired) electrons. The summed E-state index contributed by atoms with van der Waals surface area (Å²) in [7, 11) is 0. The average molecular weight is 171 g/mol. The van der Waals surface area contributed by atoms with Crippen LogP contribution in [0, 0.1) is 4.64 Å². The van der Waals surface area contributed by atoms with Gasteiger partial charge in [0.15, 0.2) is 0 Å². The number of halogens is 1. The van der Waals surface area contributed by atoms with Gasteiger partial charge in [-0.25, -0.2) is 0 Å². The van der Waals surface area contributed by atoms with E-state index in [1.807, 2.05) is 0 Å². The number of hydrogen-bond acceptors (Lipinski definition) is 2. The zero-order valence-corrected chi connectivity index (χ0v) is 8.46. The predicted octanol–water partition coefficient (Wildman–Crippen LogP) is -1.09. The number of aromatic amines is 1. The van der Waals surface area contributed by atoms with Crippen LogP contribution in [0.1, 0.15) is 1.43 Å². The number of nitrogens with zero attached hydrogens (tertiary/aromatic N) is 1. The summed E-state index contributed by atoms with van der Waals surface area (Å²) in [6.07, 6.45) is 0. The molecule has 1 aromatic rings. The van der Waals surface area contributed by atoms with Crippen LogP contribution in [0.2, 0.25) is 5.15 Å². The second-order valence-corrected chi connectivity index (χ2v) is 2.07. The maximum atomic E-state index is 5.42. The van der Waals surface area contributed by atoms with Crippen molar-refractivity contribution in [3.8, 4) is 0 Å². The van der Waals surface area contributed by atoms with Crippen molar-refractivity contribution in [1.82, 2.24) is 10.2 Å². The molecule has 0 saturated heterocycles. The average Bonchev–Trinajstić information content (AvgIpc) is 1.77. The molecule has 0 bridgehead atoms. The molecule has 2 nitrogen and oxygen atoms in total. The molecule has 0 fully saturated rings. The van der Waals surface area contributed by atoms with Crippen molar-refractivity contribution >= 4 is 23.8 Å². The molecule has 44 valence electrons. The number of nitrogens with one attached hydrogen (secondary N) is 1.